The molecule has 108 valence electrons. The van der Waals surface area contributed by atoms with Gasteiger partial charge in [0.15, 0.2) is 0 Å². The molecule has 0 saturated heterocycles. The number of hydrogen-bond acceptors (Lipinski definition) is 3. The van der Waals surface area contributed by atoms with Gasteiger partial charge in [0.1, 0.15) is 0 Å². The Hall–Kier alpha value is -2.56. The van der Waals surface area contributed by atoms with Crippen LogP contribution in [0, 0.1) is 0 Å². The van der Waals surface area contributed by atoms with Gasteiger partial charge in [0.05, 0.1) is 13.1 Å². The fourth-order valence-electron chi connectivity index (χ4n) is 2.36. The summed E-state index contributed by atoms with van der Waals surface area (Å²) >= 11 is 0. The van der Waals surface area contributed by atoms with Gasteiger partial charge in [-0.05, 0) is 36.8 Å². The highest BCUT2D eigenvalue weighted by molar-refractivity contribution is 5.46. The minimum absolute atomic E-state index is 0.310. The average Bonchev–Trinajstić information content (AvgIpc) is 3.12. The standard InChI is InChI=1S/C16H19N5/c1-14(12-20-9-3-7-17-20)19-16-6-2-5-15(11-16)13-21-10-4-8-18-21/h2-11,14,19H,12-13H2,1H3. The van der Waals surface area contributed by atoms with Crippen LogP contribution in [0.15, 0.2) is 61.2 Å². The maximum Gasteiger partial charge on any atom is 0.0660 e. The summed E-state index contributed by atoms with van der Waals surface area (Å²) < 4.78 is 3.86. The van der Waals surface area contributed by atoms with Gasteiger partial charge >= 0.3 is 0 Å². The van der Waals surface area contributed by atoms with Crippen LogP contribution >= 0.6 is 0 Å². The molecule has 5 nitrogen and oxygen atoms in total. The summed E-state index contributed by atoms with van der Waals surface area (Å²) in [6.07, 6.45) is 7.55. The highest BCUT2D eigenvalue weighted by atomic mass is 15.3. The molecule has 0 spiro atoms. The lowest BCUT2D eigenvalue weighted by molar-refractivity contribution is 0.561. The Bertz CT molecular complexity index is 658. The van der Waals surface area contributed by atoms with Gasteiger partial charge in [0, 0.05) is 36.5 Å². The third-order valence-corrected chi connectivity index (χ3v) is 3.26. The molecule has 0 aliphatic heterocycles. The van der Waals surface area contributed by atoms with Crippen LogP contribution in [0.4, 0.5) is 5.69 Å². The molecule has 5 heteroatoms. The second-order valence-electron chi connectivity index (χ2n) is 5.18. The topological polar surface area (TPSA) is 47.7 Å². The highest BCUT2D eigenvalue weighted by Gasteiger charge is 2.04. The van der Waals surface area contributed by atoms with Gasteiger partial charge in [-0.3, -0.25) is 9.36 Å². The molecular formula is C16H19N5. The van der Waals surface area contributed by atoms with Crippen molar-refractivity contribution in [1.82, 2.24) is 19.6 Å². The molecule has 1 aromatic carbocycles. The van der Waals surface area contributed by atoms with Gasteiger partial charge in [0.25, 0.3) is 0 Å². The van der Waals surface area contributed by atoms with E-state index in [1.165, 1.54) is 5.56 Å². The molecule has 0 bridgehead atoms. The quantitative estimate of drug-likeness (QED) is 0.755. The van der Waals surface area contributed by atoms with Crippen molar-refractivity contribution in [2.45, 2.75) is 26.1 Å². The first-order valence-corrected chi connectivity index (χ1v) is 7.10. The van der Waals surface area contributed by atoms with Gasteiger partial charge in [-0.2, -0.15) is 10.2 Å². The van der Waals surface area contributed by atoms with E-state index >= 15 is 0 Å². The molecule has 21 heavy (non-hydrogen) atoms. The number of anilines is 1. The number of nitrogens with zero attached hydrogens (tertiary/aromatic N) is 4. The van der Waals surface area contributed by atoms with Crippen LogP contribution in [0.1, 0.15) is 12.5 Å². The number of benzene rings is 1. The molecule has 0 saturated carbocycles. The van der Waals surface area contributed by atoms with Crippen molar-refractivity contribution in [2.24, 2.45) is 0 Å². The summed E-state index contributed by atoms with van der Waals surface area (Å²) in [6, 6.07) is 12.6. The number of hydrogen-bond donors (Lipinski definition) is 1. The molecule has 2 heterocycles. The van der Waals surface area contributed by atoms with Crippen molar-refractivity contribution in [2.75, 3.05) is 5.32 Å². The first-order valence-electron chi connectivity index (χ1n) is 7.10. The SMILES string of the molecule is CC(Cn1cccn1)Nc1cccc(Cn2cccn2)c1. The maximum atomic E-state index is 4.24. The summed E-state index contributed by atoms with van der Waals surface area (Å²) in [5.74, 6) is 0. The predicted molar refractivity (Wildman–Crippen MR) is 83.1 cm³/mol. The molecule has 2 aromatic heterocycles. The molecule has 0 fully saturated rings. The second kappa shape index (κ2) is 6.26. The molecule has 0 aliphatic carbocycles. The molecule has 3 aromatic rings. The first-order chi connectivity index (χ1) is 10.3. The predicted octanol–water partition coefficient (Wildman–Crippen LogP) is 2.63. The molecule has 3 rings (SSSR count). The van der Waals surface area contributed by atoms with E-state index in [1.807, 2.05) is 33.9 Å². The fraction of sp³-hybridized carbons (Fsp3) is 0.250. The monoisotopic (exact) mass is 281 g/mol. The van der Waals surface area contributed by atoms with Crippen LogP contribution < -0.4 is 5.32 Å². The molecule has 0 radical (unpaired) electrons. The average molecular weight is 281 g/mol. The third kappa shape index (κ3) is 3.72. The zero-order valence-corrected chi connectivity index (χ0v) is 12.1. The zero-order chi connectivity index (χ0) is 14.5. The largest absolute Gasteiger partial charge is 0.381 e. The van der Waals surface area contributed by atoms with E-state index in [4.69, 9.17) is 0 Å². The van der Waals surface area contributed by atoms with Gasteiger partial charge in [0.2, 0.25) is 0 Å². The Morgan fingerprint density at radius 2 is 1.81 bits per heavy atom. The molecule has 1 N–H and O–H groups in total. The second-order valence-corrected chi connectivity index (χ2v) is 5.18. The van der Waals surface area contributed by atoms with Crippen molar-refractivity contribution in [3.05, 3.63) is 66.7 Å². The van der Waals surface area contributed by atoms with Gasteiger partial charge < -0.3 is 5.32 Å². The Morgan fingerprint density at radius 3 is 2.52 bits per heavy atom. The van der Waals surface area contributed by atoms with Crippen molar-refractivity contribution in [3.8, 4) is 0 Å². The summed E-state index contributed by atoms with van der Waals surface area (Å²) in [5.41, 5.74) is 2.36. The molecular weight excluding hydrogens is 262 g/mol. The van der Waals surface area contributed by atoms with Gasteiger partial charge in [-0.1, -0.05) is 12.1 Å². The van der Waals surface area contributed by atoms with Crippen LogP contribution in [-0.4, -0.2) is 25.6 Å². The van der Waals surface area contributed by atoms with E-state index in [0.717, 1.165) is 18.8 Å². The van der Waals surface area contributed by atoms with E-state index in [9.17, 15) is 0 Å². The minimum Gasteiger partial charge on any atom is -0.381 e. The number of nitrogens with one attached hydrogen (secondary N) is 1. The lowest BCUT2D eigenvalue weighted by Crippen LogP contribution is -2.22. The zero-order valence-electron chi connectivity index (χ0n) is 12.1. The lowest BCUT2D eigenvalue weighted by Gasteiger charge is -2.16. The Morgan fingerprint density at radius 1 is 1.05 bits per heavy atom. The third-order valence-electron chi connectivity index (χ3n) is 3.26. The Kier molecular flexibility index (Phi) is 4.00. The van der Waals surface area contributed by atoms with Crippen LogP contribution in [0.3, 0.4) is 0 Å². The Labute approximate surface area is 124 Å². The van der Waals surface area contributed by atoms with E-state index in [-0.39, 0.29) is 0 Å². The fourth-order valence-corrected chi connectivity index (χ4v) is 2.36. The van der Waals surface area contributed by atoms with Crippen LogP contribution in [-0.2, 0) is 13.1 Å². The number of rotatable bonds is 6. The Balaban J connectivity index is 1.62. The van der Waals surface area contributed by atoms with Crippen molar-refractivity contribution in [3.63, 3.8) is 0 Å². The lowest BCUT2D eigenvalue weighted by atomic mass is 10.2. The number of aromatic nitrogens is 4. The normalized spacial score (nSPS) is 12.2. The van der Waals surface area contributed by atoms with E-state index in [1.54, 1.807) is 12.4 Å². The van der Waals surface area contributed by atoms with E-state index in [2.05, 4.69) is 46.7 Å². The van der Waals surface area contributed by atoms with Crippen molar-refractivity contribution in [1.29, 1.82) is 0 Å². The molecule has 0 aliphatic rings. The molecule has 1 unspecified atom stereocenters. The van der Waals surface area contributed by atoms with Crippen LogP contribution in [0.2, 0.25) is 0 Å². The summed E-state index contributed by atoms with van der Waals surface area (Å²) in [5, 5.41) is 12.0. The summed E-state index contributed by atoms with van der Waals surface area (Å²) in [4.78, 5) is 0. The molecule has 1 atom stereocenters. The highest BCUT2D eigenvalue weighted by Crippen LogP contribution is 2.13. The van der Waals surface area contributed by atoms with Gasteiger partial charge in [-0.25, -0.2) is 0 Å². The summed E-state index contributed by atoms with van der Waals surface area (Å²) in [6.45, 7) is 3.79. The van der Waals surface area contributed by atoms with Gasteiger partial charge in [-0.15, -0.1) is 0 Å². The van der Waals surface area contributed by atoms with Crippen molar-refractivity contribution >= 4 is 5.69 Å². The molecule has 0 amide bonds. The minimum atomic E-state index is 0.310. The van der Waals surface area contributed by atoms with Crippen molar-refractivity contribution < 1.29 is 0 Å². The van der Waals surface area contributed by atoms with E-state index < -0.39 is 0 Å². The maximum absolute atomic E-state index is 4.24. The van der Waals surface area contributed by atoms with Crippen LogP contribution in [0.5, 0.6) is 0 Å². The van der Waals surface area contributed by atoms with Crippen LogP contribution in [0.25, 0.3) is 0 Å². The van der Waals surface area contributed by atoms with E-state index in [0.29, 0.717) is 6.04 Å². The first kappa shape index (κ1) is 13.4. The summed E-state index contributed by atoms with van der Waals surface area (Å²) in [7, 11) is 0. The smallest absolute Gasteiger partial charge is 0.0660 e.